The van der Waals surface area contributed by atoms with E-state index in [-0.39, 0.29) is 5.56 Å². The van der Waals surface area contributed by atoms with Crippen molar-refractivity contribution in [2.24, 2.45) is 0 Å². The van der Waals surface area contributed by atoms with Crippen LogP contribution >= 0.6 is 22.9 Å². The average Bonchev–Trinajstić information content (AvgIpc) is 3.21. The van der Waals surface area contributed by atoms with E-state index >= 15 is 0 Å². The lowest BCUT2D eigenvalue weighted by Gasteiger charge is -2.17. The molecule has 0 fully saturated rings. The lowest BCUT2D eigenvalue weighted by atomic mass is 10.1. The van der Waals surface area contributed by atoms with Crippen LogP contribution in [0.1, 0.15) is 41.5 Å². The van der Waals surface area contributed by atoms with Crippen LogP contribution in [0.5, 0.6) is 5.88 Å². The molecule has 0 spiro atoms. The molecular formula is C25H25ClN4O3S. The lowest BCUT2D eigenvalue weighted by Crippen LogP contribution is -2.25. The summed E-state index contributed by atoms with van der Waals surface area (Å²) in [4.78, 5) is 27.7. The molecule has 9 heteroatoms. The molecule has 1 aromatic carbocycles. The molecule has 0 saturated heterocycles. The van der Waals surface area contributed by atoms with Crippen LogP contribution in [0.4, 0.5) is 0 Å². The molecule has 0 aliphatic rings. The van der Waals surface area contributed by atoms with Crippen LogP contribution in [0.25, 0.3) is 16.9 Å². The van der Waals surface area contributed by atoms with Gasteiger partial charge < -0.3 is 9.84 Å². The maximum atomic E-state index is 13.3. The van der Waals surface area contributed by atoms with Gasteiger partial charge in [0.25, 0.3) is 5.56 Å². The predicted octanol–water partition coefficient (Wildman–Crippen LogP) is 5.14. The standard InChI is InChI=1S/C25H25ClN4O3S/c1-14-10-17(13-34-14)12-33-22-15(2)23(31)30(16(3)28-22)21-11-18(6-7-19(21)26)20-8-9-27-24(29-20)25(4,5)32/h6-11,13,32H,12H2,1-5H3. The number of thiophene rings is 1. The van der Waals surface area contributed by atoms with Crippen molar-refractivity contribution in [2.45, 2.75) is 46.8 Å². The van der Waals surface area contributed by atoms with E-state index in [2.05, 4.69) is 21.0 Å². The van der Waals surface area contributed by atoms with Crippen molar-refractivity contribution in [3.8, 4) is 22.8 Å². The summed E-state index contributed by atoms with van der Waals surface area (Å²) in [5.41, 5.74) is 1.80. The van der Waals surface area contributed by atoms with Gasteiger partial charge in [-0.1, -0.05) is 17.7 Å². The number of aryl methyl sites for hydroxylation is 2. The van der Waals surface area contributed by atoms with Crippen LogP contribution in [0.2, 0.25) is 5.02 Å². The van der Waals surface area contributed by atoms with Crippen molar-refractivity contribution in [3.05, 3.63) is 84.9 Å². The van der Waals surface area contributed by atoms with Gasteiger partial charge in [0.1, 0.15) is 18.0 Å². The van der Waals surface area contributed by atoms with Crippen molar-refractivity contribution in [1.29, 1.82) is 0 Å². The zero-order chi connectivity index (χ0) is 24.6. The first-order valence-electron chi connectivity index (χ1n) is 10.7. The monoisotopic (exact) mass is 496 g/mol. The molecule has 3 aromatic heterocycles. The van der Waals surface area contributed by atoms with Crippen molar-refractivity contribution < 1.29 is 9.84 Å². The Labute approximate surface area is 206 Å². The van der Waals surface area contributed by atoms with Gasteiger partial charge in [-0.3, -0.25) is 9.36 Å². The number of halogens is 1. The SMILES string of the molecule is Cc1cc(COc2nc(C)n(-c3cc(-c4ccnc(C(C)(C)O)n4)ccc3Cl)c(=O)c2C)cs1. The summed E-state index contributed by atoms with van der Waals surface area (Å²) in [6.45, 7) is 9.06. The lowest BCUT2D eigenvalue weighted by molar-refractivity contribution is 0.0688. The number of hydrogen-bond acceptors (Lipinski definition) is 7. The van der Waals surface area contributed by atoms with Crippen LogP contribution < -0.4 is 10.3 Å². The van der Waals surface area contributed by atoms with E-state index in [1.165, 1.54) is 9.44 Å². The Morgan fingerprint density at radius 2 is 1.91 bits per heavy atom. The maximum Gasteiger partial charge on any atom is 0.264 e. The molecule has 0 radical (unpaired) electrons. The topological polar surface area (TPSA) is 90.1 Å². The summed E-state index contributed by atoms with van der Waals surface area (Å²) < 4.78 is 7.34. The molecule has 0 aliphatic heterocycles. The van der Waals surface area contributed by atoms with Crippen molar-refractivity contribution >= 4 is 22.9 Å². The highest BCUT2D eigenvalue weighted by molar-refractivity contribution is 7.10. The highest BCUT2D eigenvalue weighted by atomic mass is 35.5. The van der Waals surface area contributed by atoms with Gasteiger partial charge in [0, 0.05) is 22.2 Å². The molecule has 176 valence electrons. The van der Waals surface area contributed by atoms with E-state index in [4.69, 9.17) is 16.3 Å². The average molecular weight is 497 g/mol. The van der Waals surface area contributed by atoms with Crippen molar-refractivity contribution in [1.82, 2.24) is 19.5 Å². The minimum absolute atomic E-state index is 0.261. The Morgan fingerprint density at radius 3 is 2.59 bits per heavy atom. The Kier molecular flexibility index (Phi) is 6.58. The fourth-order valence-corrected chi connectivity index (χ4v) is 4.39. The third-order valence-corrected chi connectivity index (χ3v) is 6.51. The largest absolute Gasteiger partial charge is 0.472 e. The fourth-order valence-electron chi connectivity index (χ4n) is 3.49. The van der Waals surface area contributed by atoms with Gasteiger partial charge in [0.05, 0.1) is 22.0 Å². The predicted molar refractivity (Wildman–Crippen MR) is 134 cm³/mol. The number of ether oxygens (including phenoxy) is 1. The molecule has 0 amide bonds. The van der Waals surface area contributed by atoms with Crippen LogP contribution in [0.3, 0.4) is 0 Å². The van der Waals surface area contributed by atoms with Crippen LogP contribution in [-0.2, 0) is 12.2 Å². The molecule has 0 saturated carbocycles. The van der Waals surface area contributed by atoms with Gasteiger partial charge in [-0.25, -0.2) is 9.97 Å². The highest BCUT2D eigenvalue weighted by Crippen LogP contribution is 2.28. The molecule has 3 heterocycles. The van der Waals surface area contributed by atoms with Crippen LogP contribution in [0.15, 0.2) is 46.7 Å². The molecule has 0 bridgehead atoms. The summed E-state index contributed by atoms with van der Waals surface area (Å²) >= 11 is 8.16. The second kappa shape index (κ2) is 9.29. The first kappa shape index (κ1) is 24.1. The van der Waals surface area contributed by atoms with Gasteiger partial charge >= 0.3 is 0 Å². The minimum atomic E-state index is -1.18. The Hall–Kier alpha value is -3.07. The van der Waals surface area contributed by atoms with E-state index in [0.29, 0.717) is 46.1 Å². The molecule has 1 N–H and O–H groups in total. The van der Waals surface area contributed by atoms with E-state index in [9.17, 15) is 9.90 Å². The summed E-state index contributed by atoms with van der Waals surface area (Å²) in [7, 11) is 0. The third-order valence-electron chi connectivity index (χ3n) is 5.28. The molecule has 0 atom stereocenters. The molecule has 0 aliphatic carbocycles. The van der Waals surface area contributed by atoms with Crippen molar-refractivity contribution in [3.63, 3.8) is 0 Å². The van der Waals surface area contributed by atoms with E-state index in [1.807, 2.05) is 18.4 Å². The number of aromatic nitrogens is 4. The third kappa shape index (κ3) is 4.89. The van der Waals surface area contributed by atoms with Gasteiger partial charge in [0.15, 0.2) is 5.82 Å². The van der Waals surface area contributed by atoms with E-state index in [1.54, 1.807) is 63.4 Å². The fraction of sp³-hybridized carbons (Fsp3) is 0.280. The molecule has 7 nitrogen and oxygen atoms in total. The van der Waals surface area contributed by atoms with Crippen LogP contribution in [-0.4, -0.2) is 24.6 Å². The van der Waals surface area contributed by atoms with Crippen molar-refractivity contribution in [2.75, 3.05) is 0 Å². The van der Waals surface area contributed by atoms with Gasteiger partial charge in [-0.05, 0) is 64.3 Å². The number of aliphatic hydroxyl groups is 1. The van der Waals surface area contributed by atoms with Gasteiger partial charge in [-0.2, -0.15) is 4.98 Å². The molecule has 34 heavy (non-hydrogen) atoms. The Bertz CT molecular complexity index is 1420. The molecule has 4 aromatic rings. The number of hydrogen-bond donors (Lipinski definition) is 1. The second-order valence-corrected chi connectivity index (χ2v) is 10.1. The molecule has 4 rings (SSSR count). The number of nitrogens with zero attached hydrogens (tertiary/aromatic N) is 4. The normalized spacial score (nSPS) is 11.6. The maximum absolute atomic E-state index is 13.3. The zero-order valence-corrected chi connectivity index (χ0v) is 21.2. The second-order valence-electron chi connectivity index (χ2n) is 8.57. The zero-order valence-electron chi connectivity index (χ0n) is 19.6. The van der Waals surface area contributed by atoms with E-state index in [0.717, 1.165) is 11.1 Å². The summed E-state index contributed by atoms with van der Waals surface area (Å²) in [5, 5.41) is 12.7. The summed E-state index contributed by atoms with van der Waals surface area (Å²) in [5.74, 6) is 1.06. The van der Waals surface area contributed by atoms with Gasteiger partial charge in [0.2, 0.25) is 5.88 Å². The minimum Gasteiger partial charge on any atom is -0.472 e. The first-order chi connectivity index (χ1) is 16.0. The summed E-state index contributed by atoms with van der Waals surface area (Å²) in [6.07, 6.45) is 1.59. The van der Waals surface area contributed by atoms with E-state index < -0.39 is 5.60 Å². The summed E-state index contributed by atoms with van der Waals surface area (Å²) in [6, 6.07) is 9.09. The smallest absolute Gasteiger partial charge is 0.264 e. The molecule has 0 unspecified atom stereocenters. The number of benzene rings is 1. The Balaban J connectivity index is 1.73. The quantitative estimate of drug-likeness (QED) is 0.397. The first-order valence-corrected chi connectivity index (χ1v) is 11.9. The van der Waals surface area contributed by atoms with Crippen LogP contribution in [0, 0.1) is 20.8 Å². The Morgan fingerprint density at radius 1 is 1.15 bits per heavy atom. The van der Waals surface area contributed by atoms with Gasteiger partial charge in [-0.15, -0.1) is 11.3 Å². The number of rotatable bonds is 6. The highest BCUT2D eigenvalue weighted by Gasteiger charge is 2.21. The molecular weight excluding hydrogens is 472 g/mol.